The van der Waals surface area contributed by atoms with E-state index in [-0.39, 0.29) is 18.0 Å². The Morgan fingerprint density at radius 2 is 2.17 bits per heavy atom. The number of carbonyl (C=O) groups is 2. The van der Waals surface area contributed by atoms with Crippen molar-refractivity contribution in [3.05, 3.63) is 28.8 Å². The maximum Gasteiger partial charge on any atom is 0.325 e. The number of hydrogen-bond donors (Lipinski definition) is 1. The van der Waals surface area contributed by atoms with Gasteiger partial charge in [0.25, 0.3) is 5.91 Å². The zero-order valence-corrected chi connectivity index (χ0v) is 14.9. The molecule has 2 heterocycles. The van der Waals surface area contributed by atoms with E-state index in [1.165, 1.54) is 4.90 Å². The molecule has 1 aromatic carbocycles. The molecule has 1 aromatic rings. The summed E-state index contributed by atoms with van der Waals surface area (Å²) >= 11 is 6.11. The molecular formula is C17H22ClN3O3. The summed E-state index contributed by atoms with van der Waals surface area (Å²) in [6.07, 6.45) is 0.954. The number of imide groups is 1. The van der Waals surface area contributed by atoms with Crippen molar-refractivity contribution in [3.8, 4) is 5.75 Å². The third-order valence-corrected chi connectivity index (χ3v) is 4.72. The Labute approximate surface area is 146 Å². The van der Waals surface area contributed by atoms with Crippen molar-refractivity contribution < 1.29 is 14.3 Å². The lowest BCUT2D eigenvalue weighted by Gasteiger charge is -2.36. The molecule has 2 unspecified atom stereocenters. The second-order valence-corrected chi connectivity index (χ2v) is 7.16. The van der Waals surface area contributed by atoms with Crippen LogP contribution in [0, 0.1) is 0 Å². The summed E-state index contributed by atoms with van der Waals surface area (Å²) in [4.78, 5) is 28.9. The zero-order valence-electron chi connectivity index (χ0n) is 14.1. The van der Waals surface area contributed by atoms with Gasteiger partial charge in [0.15, 0.2) is 5.54 Å². The van der Waals surface area contributed by atoms with Crippen LogP contribution in [0.1, 0.15) is 25.3 Å². The van der Waals surface area contributed by atoms with Crippen LogP contribution in [0.25, 0.3) is 0 Å². The second kappa shape index (κ2) is 6.26. The first-order valence-electron chi connectivity index (χ1n) is 8.09. The van der Waals surface area contributed by atoms with E-state index in [0.717, 1.165) is 13.0 Å². The lowest BCUT2D eigenvalue weighted by atomic mass is 9.82. The van der Waals surface area contributed by atoms with Crippen LogP contribution in [-0.2, 0) is 10.3 Å². The van der Waals surface area contributed by atoms with Crippen LogP contribution in [0.15, 0.2) is 18.2 Å². The number of urea groups is 1. The number of nitrogens with one attached hydrogen (secondary N) is 1. The first-order valence-corrected chi connectivity index (χ1v) is 8.47. The molecule has 2 aliphatic heterocycles. The van der Waals surface area contributed by atoms with Crippen molar-refractivity contribution in [1.29, 1.82) is 0 Å². The predicted octanol–water partition coefficient (Wildman–Crippen LogP) is 2.21. The monoisotopic (exact) mass is 351 g/mol. The highest BCUT2D eigenvalue weighted by Gasteiger charge is 2.56. The largest absolute Gasteiger partial charge is 0.490 e. The average Bonchev–Trinajstić information content (AvgIpc) is 2.72. The van der Waals surface area contributed by atoms with Crippen LogP contribution < -0.4 is 10.1 Å². The van der Waals surface area contributed by atoms with E-state index >= 15 is 0 Å². The summed E-state index contributed by atoms with van der Waals surface area (Å²) in [6, 6.07) is 4.84. The van der Waals surface area contributed by atoms with Crippen molar-refractivity contribution in [2.24, 2.45) is 0 Å². The van der Waals surface area contributed by atoms with Gasteiger partial charge in [0.1, 0.15) is 5.75 Å². The van der Waals surface area contributed by atoms with Crippen molar-refractivity contribution in [2.75, 3.05) is 27.2 Å². The number of amides is 3. The molecule has 3 amide bonds. The fourth-order valence-electron chi connectivity index (χ4n) is 3.43. The number of fused-ring (bicyclic) bond motifs is 2. The highest BCUT2D eigenvalue weighted by molar-refractivity contribution is 6.30. The third kappa shape index (κ3) is 2.84. The van der Waals surface area contributed by atoms with Crippen LogP contribution in [0.5, 0.6) is 5.75 Å². The fourth-order valence-corrected chi connectivity index (χ4v) is 3.61. The van der Waals surface area contributed by atoms with E-state index in [0.29, 0.717) is 29.3 Å². The van der Waals surface area contributed by atoms with Gasteiger partial charge in [0.2, 0.25) is 0 Å². The maximum atomic E-state index is 13.1. The first kappa shape index (κ1) is 17.0. The molecule has 2 atom stereocenters. The van der Waals surface area contributed by atoms with Gasteiger partial charge in [-0.3, -0.25) is 9.69 Å². The summed E-state index contributed by atoms with van der Waals surface area (Å²) in [6.45, 7) is 3.11. The fraction of sp³-hybridized carbons (Fsp3) is 0.529. The smallest absolute Gasteiger partial charge is 0.325 e. The van der Waals surface area contributed by atoms with Gasteiger partial charge in [-0.2, -0.15) is 0 Å². The molecule has 0 radical (unpaired) electrons. The van der Waals surface area contributed by atoms with Gasteiger partial charge in [-0.25, -0.2) is 4.79 Å². The molecule has 1 N–H and O–H groups in total. The summed E-state index contributed by atoms with van der Waals surface area (Å²) < 4.78 is 5.82. The number of halogens is 1. The van der Waals surface area contributed by atoms with Crippen molar-refractivity contribution >= 4 is 23.5 Å². The Balaban J connectivity index is 1.92. The van der Waals surface area contributed by atoms with Gasteiger partial charge >= 0.3 is 6.03 Å². The standard InChI is InChI=1S/C17H22ClN3O3/c1-11-10-17(13-9-12(18)5-6-14(13)24-11)15(22)21(16(23)19-17)8-4-7-20(2)3/h5-6,9,11H,4,7-8,10H2,1-3H3,(H,19,23). The molecular weight excluding hydrogens is 330 g/mol. The minimum Gasteiger partial charge on any atom is -0.490 e. The number of benzene rings is 1. The minimum atomic E-state index is -1.08. The van der Waals surface area contributed by atoms with E-state index in [1.807, 2.05) is 25.9 Å². The normalized spacial score (nSPS) is 25.9. The molecule has 0 saturated carbocycles. The molecule has 2 aliphatic rings. The van der Waals surface area contributed by atoms with Gasteiger partial charge in [-0.1, -0.05) is 11.6 Å². The molecule has 130 valence electrons. The highest BCUT2D eigenvalue weighted by atomic mass is 35.5. The molecule has 1 fully saturated rings. The quantitative estimate of drug-likeness (QED) is 0.845. The third-order valence-electron chi connectivity index (χ3n) is 4.49. The second-order valence-electron chi connectivity index (χ2n) is 6.72. The van der Waals surface area contributed by atoms with Crippen LogP contribution in [0.2, 0.25) is 5.02 Å². The Hall–Kier alpha value is -1.79. The van der Waals surface area contributed by atoms with Crippen LogP contribution >= 0.6 is 11.6 Å². The maximum absolute atomic E-state index is 13.1. The molecule has 3 rings (SSSR count). The molecule has 24 heavy (non-hydrogen) atoms. The van der Waals surface area contributed by atoms with E-state index in [1.54, 1.807) is 18.2 Å². The predicted molar refractivity (Wildman–Crippen MR) is 91.3 cm³/mol. The molecule has 1 spiro atoms. The zero-order chi connectivity index (χ0) is 17.5. The lowest BCUT2D eigenvalue weighted by Crippen LogP contribution is -2.49. The average molecular weight is 352 g/mol. The van der Waals surface area contributed by atoms with Gasteiger partial charge in [0.05, 0.1) is 6.10 Å². The van der Waals surface area contributed by atoms with Crippen molar-refractivity contribution in [1.82, 2.24) is 15.1 Å². The summed E-state index contributed by atoms with van der Waals surface area (Å²) in [5.74, 6) is 0.381. The van der Waals surface area contributed by atoms with Crippen LogP contribution in [0.3, 0.4) is 0 Å². The number of carbonyl (C=O) groups excluding carboxylic acids is 2. The molecule has 1 saturated heterocycles. The van der Waals surface area contributed by atoms with Crippen LogP contribution in [0.4, 0.5) is 4.79 Å². The Morgan fingerprint density at radius 3 is 2.88 bits per heavy atom. The highest BCUT2D eigenvalue weighted by Crippen LogP contribution is 2.44. The van der Waals surface area contributed by atoms with Gasteiger partial charge in [-0.15, -0.1) is 0 Å². The summed E-state index contributed by atoms with van der Waals surface area (Å²) in [7, 11) is 3.93. The van der Waals surface area contributed by atoms with Gasteiger partial charge < -0.3 is 15.0 Å². The summed E-state index contributed by atoms with van der Waals surface area (Å²) in [5.41, 5.74) is -0.436. The number of ether oxygens (including phenoxy) is 1. The Morgan fingerprint density at radius 1 is 1.42 bits per heavy atom. The molecule has 0 aliphatic carbocycles. The van der Waals surface area contributed by atoms with Crippen molar-refractivity contribution in [3.63, 3.8) is 0 Å². The van der Waals surface area contributed by atoms with E-state index in [2.05, 4.69) is 5.32 Å². The Kier molecular flexibility index (Phi) is 4.44. The SMILES string of the molecule is CC1CC2(NC(=O)N(CCCN(C)C)C2=O)c2cc(Cl)ccc2O1. The number of nitrogens with zero attached hydrogens (tertiary/aromatic N) is 2. The van der Waals surface area contributed by atoms with Crippen LogP contribution in [-0.4, -0.2) is 55.0 Å². The first-order chi connectivity index (χ1) is 11.3. The molecule has 7 heteroatoms. The van der Waals surface area contributed by atoms with Gasteiger partial charge in [0, 0.05) is 23.6 Å². The number of rotatable bonds is 4. The molecule has 0 bridgehead atoms. The molecule has 6 nitrogen and oxygen atoms in total. The summed E-state index contributed by atoms with van der Waals surface area (Å²) in [5, 5.41) is 3.42. The van der Waals surface area contributed by atoms with E-state index in [9.17, 15) is 9.59 Å². The molecule has 0 aromatic heterocycles. The Bertz CT molecular complexity index is 679. The van der Waals surface area contributed by atoms with E-state index in [4.69, 9.17) is 16.3 Å². The number of hydrogen-bond acceptors (Lipinski definition) is 4. The van der Waals surface area contributed by atoms with E-state index < -0.39 is 5.54 Å². The lowest BCUT2D eigenvalue weighted by molar-refractivity contribution is -0.133. The van der Waals surface area contributed by atoms with Gasteiger partial charge in [-0.05, 0) is 52.2 Å². The van der Waals surface area contributed by atoms with Crippen molar-refractivity contribution in [2.45, 2.75) is 31.4 Å². The minimum absolute atomic E-state index is 0.176. The topological polar surface area (TPSA) is 61.9 Å².